The molecule has 6 rings (SSSR count). The monoisotopic (exact) mass is 687 g/mol. The first-order valence-electron chi connectivity index (χ1n) is 18.1. The summed E-state index contributed by atoms with van der Waals surface area (Å²) in [5.41, 5.74) is 12.0. The first-order valence-corrected chi connectivity index (χ1v) is 18.1. The summed E-state index contributed by atoms with van der Waals surface area (Å²) in [5, 5.41) is 0. The van der Waals surface area contributed by atoms with E-state index in [1.54, 1.807) is 13.8 Å². The normalized spacial score (nSPS) is 17.4. The van der Waals surface area contributed by atoms with E-state index in [2.05, 4.69) is 148 Å². The fourth-order valence-corrected chi connectivity index (χ4v) is 7.64. The summed E-state index contributed by atoms with van der Waals surface area (Å²) in [7, 11) is 3.96. The quantitative estimate of drug-likeness (QED) is 0.123. The Bertz CT molecular complexity index is 2120. The number of para-hydroxylation sites is 2. The number of benzene rings is 4. The topological polar surface area (TPSA) is 53.0 Å². The van der Waals surface area contributed by atoms with E-state index in [1.165, 1.54) is 16.8 Å². The number of anilines is 3. The van der Waals surface area contributed by atoms with E-state index in [-0.39, 0.29) is 17.0 Å². The highest BCUT2D eigenvalue weighted by molar-refractivity contribution is 6.04. The molecule has 0 bridgehead atoms. The number of likely N-dealkylation sites (N-methyl/N-ethyl adjacent to an activating group) is 1. The van der Waals surface area contributed by atoms with Gasteiger partial charge < -0.3 is 9.80 Å². The van der Waals surface area contributed by atoms with E-state index in [4.69, 9.17) is 4.99 Å². The third-order valence-corrected chi connectivity index (χ3v) is 10.7. The molecule has 0 amide bonds. The van der Waals surface area contributed by atoms with Crippen LogP contribution >= 0.6 is 0 Å². The van der Waals surface area contributed by atoms with Crippen molar-refractivity contribution >= 4 is 34.3 Å². The van der Waals surface area contributed by atoms with Crippen molar-refractivity contribution in [2.24, 2.45) is 4.99 Å². The van der Waals surface area contributed by atoms with Crippen LogP contribution in [0.4, 0.5) is 17.1 Å². The fraction of sp³-hybridized carbons (Fsp3) is 0.255. The van der Waals surface area contributed by atoms with Gasteiger partial charge in [-0.05, 0) is 110 Å². The molecule has 2 aliphatic rings. The van der Waals surface area contributed by atoms with E-state index in [9.17, 15) is 9.59 Å². The lowest BCUT2D eigenvalue weighted by atomic mass is 9.79. The molecule has 0 fully saturated rings. The van der Waals surface area contributed by atoms with Gasteiger partial charge in [-0.15, -0.1) is 0 Å². The molecule has 0 spiro atoms. The zero-order valence-electron chi connectivity index (χ0n) is 31.7. The molecule has 1 aliphatic heterocycles. The van der Waals surface area contributed by atoms with Gasteiger partial charge in [-0.1, -0.05) is 94.4 Å². The molecule has 0 aromatic heterocycles. The van der Waals surface area contributed by atoms with Crippen molar-refractivity contribution in [1.29, 1.82) is 0 Å². The number of aliphatic imine (C=N–C) groups is 1. The Labute approximate surface area is 309 Å². The number of rotatable bonds is 10. The second-order valence-electron chi connectivity index (χ2n) is 14.8. The van der Waals surface area contributed by atoms with Gasteiger partial charge in [0.15, 0.2) is 11.6 Å². The Kier molecular flexibility index (Phi) is 10.2. The molecule has 4 aromatic carbocycles. The number of hydrogen-bond acceptors (Lipinski definition) is 5. The van der Waals surface area contributed by atoms with Crippen LogP contribution in [0.5, 0.6) is 0 Å². The second kappa shape index (κ2) is 14.6. The average molecular weight is 688 g/mol. The van der Waals surface area contributed by atoms with Crippen LogP contribution in [0, 0.1) is 0 Å². The van der Waals surface area contributed by atoms with Crippen LogP contribution in [0.1, 0.15) is 86.2 Å². The smallest absolute Gasteiger partial charge is 0.159 e. The number of hydrogen-bond donors (Lipinski definition) is 0. The highest BCUT2D eigenvalue weighted by atomic mass is 16.1. The highest BCUT2D eigenvalue weighted by Gasteiger charge is 2.39. The number of carbonyl (C=O) groups is 2. The van der Waals surface area contributed by atoms with Crippen LogP contribution < -0.4 is 9.80 Å². The second-order valence-corrected chi connectivity index (χ2v) is 14.8. The summed E-state index contributed by atoms with van der Waals surface area (Å²) in [6.07, 6.45) is 10.7. The Balaban J connectivity index is 1.48. The van der Waals surface area contributed by atoms with Crippen LogP contribution in [0.25, 0.3) is 0 Å². The summed E-state index contributed by atoms with van der Waals surface area (Å²) >= 11 is 0. The van der Waals surface area contributed by atoms with Gasteiger partial charge in [-0.2, -0.15) is 0 Å². The predicted molar refractivity (Wildman–Crippen MR) is 217 cm³/mol. The fourth-order valence-electron chi connectivity index (χ4n) is 7.64. The van der Waals surface area contributed by atoms with Crippen LogP contribution in [0.15, 0.2) is 155 Å². The summed E-state index contributed by atoms with van der Waals surface area (Å²) in [6.45, 7) is 12.0. The Morgan fingerprint density at radius 1 is 0.788 bits per heavy atom. The molecule has 52 heavy (non-hydrogen) atoms. The van der Waals surface area contributed by atoms with Crippen molar-refractivity contribution in [2.75, 3.05) is 23.9 Å². The molecule has 5 heteroatoms. The Morgan fingerprint density at radius 3 is 2.00 bits per heavy atom. The van der Waals surface area contributed by atoms with Crippen molar-refractivity contribution in [2.45, 2.75) is 65.2 Å². The molecule has 264 valence electrons. The standard InChI is InChI=1S/C47H49N3O2/c1-32(51)36-16-15-17-38(30-36)46(3,4)43(48-7)28-25-34-22-23-35(45(34)50(39-18-11-9-12-19-39)40-20-13-10-14-21-40)26-29-44-47(5,6)41-31-37(33(2)52)24-27-42(41)49(44)8/h9-21,24-31H,22-23H2,1-8H3/b28-25+,35-26+,44-29+,48-43+. The number of Topliss-reactive ketones (excluding diaryl/α,β-unsaturated/α-hetero) is 2. The minimum Gasteiger partial charge on any atom is -0.347 e. The molecule has 1 heterocycles. The molecule has 0 atom stereocenters. The third kappa shape index (κ3) is 6.88. The largest absolute Gasteiger partial charge is 0.347 e. The number of fused-ring (bicyclic) bond motifs is 1. The van der Waals surface area contributed by atoms with E-state index < -0.39 is 5.41 Å². The number of ketones is 2. The minimum atomic E-state index is -0.423. The Hall–Kier alpha value is -5.55. The lowest BCUT2D eigenvalue weighted by Gasteiger charge is -2.29. The maximum absolute atomic E-state index is 12.3. The molecule has 0 radical (unpaired) electrons. The maximum atomic E-state index is 12.3. The molecular formula is C47H49N3O2. The van der Waals surface area contributed by atoms with E-state index >= 15 is 0 Å². The molecule has 0 unspecified atom stereocenters. The molecule has 0 saturated heterocycles. The van der Waals surface area contributed by atoms with E-state index in [1.807, 2.05) is 31.3 Å². The summed E-state index contributed by atoms with van der Waals surface area (Å²) in [6, 6.07) is 35.1. The van der Waals surface area contributed by atoms with Crippen molar-refractivity contribution in [3.8, 4) is 0 Å². The molecular weight excluding hydrogens is 639 g/mol. The van der Waals surface area contributed by atoms with Gasteiger partial charge >= 0.3 is 0 Å². The van der Waals surface area contributed by atoms with Crippen LogP contribution in [-0.2, 0) is 10.8 Å². The first-order chi connectivity index (χ1) is 24.8. The highest BCUT2D eigenvalue weighted by Crippen LogP contribution is 2.48. The summed E-state index contributed by atoms with van der Waals surface area (Å²) in [5.74, 6) is 0.130. The van der Waals surface area contributed by atoms with Crippen molar-refractivity contribution < 1.29 is 9.59 Å². The average Bonchev–Trinajstić information content (AvgIpc) is 3.62. The molecule has 4 aromatic rings. The van der Waals surface area contributed by atoms with Crippen molar-refractivity contribution in [3.05, 3.63) is 172 Å². The molecule has 1 aliphatic carbocycles. The lowest BCUT2D eigenvalue weighted by molar-refractivity contribution is 0.100. The van der Waals surface area contributed by atoms with Gasteiger partial charge in [-0.25, -0.2) is 0 Å². The van der Waals surface area contributed by atoms with Crippen molar-refractivity contribution in [3.63, 3.8) is 0 Å². The van der Waals surface area contributed by atoms with Gasteiger partial charge in [0.25, 0.3) is 0 Å². The van der Waals surface area contributed by atoms with Gasteiger partial charge in [-0.3, -0.25) is 14.6 Å². The van der Waals surface area contributed by atoms with E-state index in [0.29, 0.717) is 5.56 Å². The summed E-state index contributed by atoms with van der Waals surface area (Å²) in [4.78, 5) is 33.9. The third-order valence-electron chi connectivity index (χ3n) is 10.7. The van der Waals surface area contributed by atoms with E-state index in [0.717, 1.165) is 58.0 Å². The van der Waals surface area contributed by atoms with Gasteiger partial charge in [0, 0.05) is 64.5 Å². The maximum Gasteiger partial charge on any atom is 0.159 e. The number of nitrogens with zero attached hydrogens (tertiary/aromatic N) is 3. The number of carbonyl (C=O) groups excluding carboxylic acids is 2. The van der Waals surface area contributed by atoms with Crippen molar-refractivity contribution in [1.82, 2.24) is 0 Å². The zero-order valence-corrected chi connectivity index (χ0v) is 31.7. The van der Waals surface area contributed by atoms with Crippen LogP contribution in [-0.4, -0.2) is 31.4 Å². The lowest BCUT2D eigenvalue weighted by Crippen LogP contribution is -2.28. The SMILES string of the molecule is C/N=C(\C=C\C1=C(N(c2ccccc2)c2ccccc2)C(=C/C=C2/N(C)c3ccc(C(C)=O)cc3C2(C)C)/CC1)C(C)(C)c1cccc(C(C)=O)c1. The zero-order chi connectivity index (χ0) is 37.2. The summed E-state index contributed by atoms with van der Waals surface area (Å²) < 4.78 is 0. The number of allylic oxidation sites excluding steroid dienone is 7. The minimum absolute atomic E-state index is 0.0528. The predicted octanol–water partition coefficient (Wildman–Crippen LogP) is 11.1. The van der Waals surface area contributed by atoms with Gasteiger partial charge in [0.2, 0.25) is 0 Å². The molecule has 0 N–H and O–H groups in total. The first kappa shape index (κ1) is 36.2. The van der Waals surface area contributed by atoms with Crippen LogP contribution in [0.3, 0.4) is 0 Å². The molecule has 5 nitrogen and oxygen atoms in total. The van der Waals surface area contributed by atoms with Crippen LogP contribution in [0.2, 0.25) is 0 Å². The molecule has 0 saturated carbocycles. The van der Waals surface area contributed by atoms with Gasteiger partial charge in [0.05, 0.1) is 5.70 Å². The van der Waals surface area contributed by atoms with Gasteiger partial charge in [0.1, 0.15) is 0 Å². The Morgan fingerprint density at radius 2 is 1.40 bits per heavy atom.